The van der Waals surface area contributed by atoms with Crippen LogP contribution >= 0.6 is 7.82 Å². The van der Waals surface area contributed by atoms with Gasteiger partial charge in [0.1, 0.15) is 12.2 Å². The number of fused-ring (bicyclic) bond motifs is 1. The summed E-state index contributed by atoms with van der Waals surface area (Å²) in [7, 11) is -4.13. The number of hydrogen-bond acceptors (Lipinski definition) is 9. The van der Waals surface area contributed by atoms with Crippen molar-refractivity contribution in [3.8, 4) is 0 Å². The van der Waals surface area contributed by atoms with Crippen LogP contribution in [-0.4, -0.2) is 57.1 Å². The van der Waals surface area contributed by atoms with Crippen LogP contribution in [0.3, 0.4) is 0 Å². The Morgan fingerprint density at radius 3 is 2.56 bits per heavy atom. The average Bonchev–Trinajstić information content (AvgIpc) is 2.60. The van der Waals surface area contributed by atoms with Gasteiger partial charge in [0.2, 0.25) is 11.9 Å². The van der Waals surface area contributed by atoms with Crippen molar-refractivity contribution in [1.82, 2.24) is 0 Å². The summed E-state index contributed by atoms with van der Waals surface area (Å²) in [6.45, 7) is -0.699. The van der Waals surface area contributed by atoms with Gasteiger partial charge in [-0.05, 0) is 0 Å². The summed E-state index contributed by atoms with van der Waals surface area (Å²) in [5.74, 6) is -4.91. The predicted octanol–water partition coefficient (Wildman–Crippen LogP) is -2.37. The minimum Gasteiger partial charge on any atom is -0.394 e. The van der Waals surface area contributed by atoms with Crippen molar-refractivity contribution in [3.05, 3.63) is 0 Å². The molecule has 0 saturated carbocycles. The highest BCUT2D eigenvalue weighted by molar-refractivity contribution is 7.49. The third kappa shape index (κ3) is 1.10. The second-order valence-corrected chi connectivity index (χ2v) is 5.25. The minimum atomic E-state index is -4.13. The zero-order chi connectivity index (χ0) is 11.8. The van der Waals surface area contributed by atoms with Gasteiger partial charge in [-0.15, -0.1) is 0 Å². The van der Waals surface area contributed by atoms with Crippen LogP contribution in [0.15, 0.2) is 0 Å². The summed E-state index contributed by atoms with van der Waals surface area (Å²) >= 11 is 0. The fourth-order valence-electron chi connectivity index (χ4n) is 2.01. The molecule has 92 valence electrons. The Morgan fingerprint density at radius 1 is 1.31 bits per heavy atom. The van der Waals surface area contributed by atoms with E-state index in [2.05, 4.69) is 13.6 Å². The lowest BCUT2D eigenvalue weighted by molar-refractivity contribution is -0.451. The highest BCUT2D eigenvalue weighted by Gasteiger charge is 2.80. The zero-order valence-electron chi connectivity index (χ0n) is 7.72. The Hall–Kier alpha value is -0.0900. The molecule has 0 spiro atoms. The van der Waals surface area contributed by atoms with Gasteiger partial charge in [0.25, 0.3) is 0 Å². The van der Waals surface area contributed by atoms with E-state index in [1.807, 2.05) is 0 Å². The molecule has 0 aromatic rings. The summed E-state index contributed by atoms with van der Waals surface area (Å²) in [5, 5.41) is 38.2. The smallest absolute Gasteiger partial charge is 0.394 e. The van der Waals surface area contributed by atoms with Gasteiger partial charge in [-0.3, -0.25) is 4.52 Å². The largest absolute Gasteiger partial charge is 0.482 e. The molecular weight excluding hydrogens is 247 g/mol. The summed E-state index contributed by atoms with van der Waals surface area (Å²) < 4.78 is 30.1. The summed E-state index contributed by atoms with van der Waals surface area (Å²) in [5.41, 5.74) is 0. The van der Waals surface area contributed by atoms with Gasteiger partial charge in [0, 0.05) is 0 Å². The highest BCUT2D eigenvalue weighted by Crippen LogP contribution is 2.72. The van der Waals surface area contributed by atoms with Gasteiger partial charge in [-0.1, -0.05) is 0 Å². The fraction of sp³-hybridized carbons (Fsp3) is 1.00. The second kappa shape index (κ2) is 2.83. The number of ether oxygens (including phenoxy) is 1. The summed E-state index contributed by atoms with van der Waals surface area (Å²) in [6, 6.07) is 0. The second-order valence-electron chi connectivity index (χ2n) is 3.78. The first-order valence-corrected chi connectivity index (χ1v) is 5.90. The fourth-order valence-corrected chi connectivity index (χ4v) is 3.69. The Kier molecular flexibility index (Phi) is 1.95. The van der Waals surface area contributed by atoms with E-state index in [4.69, 9.17) is 9.84 Å². The third-order valence-corrected chi connectivity index (χ3v) is 4.19. The van der Waals surface area contributed by atoms with E-state index in [0.29, 0.717) is 0 Å². The molecule has 9 nitrogen and oxygen atoms in total. The maximum Gasteiger partial charge on any atom is 0.482 e. The van der Waals surface area contributed by atoms with Gasteiger partial charge in [0.15, 0.2) is 0 Å². The van der Waals surface area contributed by atoms with E-state index in [-0.39, 0.29) is 0 Å². The molecule has 3 rings (SSSR count). The molecule has 16 heavy (non-hydrogen) atoms. The van der Waals surface area contributed by atoms with Crippen molar-refractivity contribution in [1.29, 1.82) is 0 Å². The molecule has 3 aliphatic rings. The van der Waals surface area contributed by atoms with Crippen LogP contribution in [0.25, 0.3) is 0 Å². The van der Waals surface area contributed by atoms with Crippen molar-refractivity contribution in [2.75, 3.05) is 6.61 Å². The first-order valence-electron chi connectivity index (χ1n) is 4.44. The van der Waals surface area contributed by atoms with Gasteiger partial charge >= 0.3 is 13.8 Å². The van der Waals surface area contributed by atoms with Crippen LogP contribution in [0, 0.1) is 0 Å². The van der Waals surface area contributed by atoms with Gasteiger partial charge in [0.05, 0.1) is 6.61 Å². The number of phosphoric acid groups is 1. The number of hydrogen-bond donors (Lipinski definition) is 4. The molecule has 3 saturated heterocycles. The van der Waals surface area contributed by atoms with Crippen LogP contribution in [-0.2, 0) is 22.9 Å². The van der Waals surface area contributed by atoms with Gasteiger partial charge in [-0.2, -0.15) is 0 Å². The number of phosphoric ester groups is 1. The molecule has 3 aliphatic heterocycles. The number of aliphatic hydroxyl groups is 4. The van der Waals surface area contributed by atoms with Crippen molar-refractivity contribution in [2.45, 2.75) is 30.1 Å². The number of aliphatic hydroxyl groups excluding tert-OH is 2. The third-order valence-electron chi connectivity index (χ3n) is 2.72. The molecule has 0 amide bonds. The average molecular weight is 256 g/mol. The molecular formula is C6H9O9P. The van der Waals surface area contributed by atoms with E-state index in [1.54, 1.807) is 0 Å². The zero-order valence-corrected chi connectivity index (χ0v) is 8.61. The van der Waals surface area contributed by atoms with Crippen LogP contribution in [0.5, 0.6) is 0 Å². The van der Waals surface area contributed by atoms with E-state index < -0.39 is 44.5 Å². The summed E-state index contributed by atoms with van der Waals surface area (Å²) in [4.78, 5) is 0. The molecule has 6 atom stereocenters. The monoisotopic (exact) mass is 256 g/mol. The van der Waals surface area contributed by atoms with Gasteiger partial charge < -0.3 is 25.2 Å². The van der Waals surface area contributed by atoms with E-state index in [1.165, 1.54) is 0 Å². The first-order chi connectivity index (χ1) is 7.33. The molecule has 0 aromatic carbocycles. The van der Waals surface area contributed by atoms with Crippen molar-refractivity contribution < 1.29 is 43.3 Å². The van der Waals surface area contributed by atoms with Crippen LogP contribution in [0.4, 0.5) is 0 Å². The SMILES string of the molecule is O=P12OC3C(O)(OC(CO)C(O)C3(O)O1)O2. The molecule has 3 fully saturated rings. The van der Waals surface area contributed by atoms with Crippen molar-refractivity contribution in [2.24, 2.45) is 0 Å². The summed E-state index contributed by atoms with van der Waals surface area (Å²) in [6.07, 6.45) is -4.71. The molecule has 0 radical (unpaired) electrons. The van der Waals surface area contributed by atoms with E-state index in [9.17, 15) is 19.9 Å². The molecule has 3 heterocycles. The predicted molar refractivity (Wildman–Crippen MR) is 42.5 cm³/mol. The van der Waals surface area contributed by atoms with Crippen LogP contribution in [0.2, 0.25) is 0 Å². The lowest BCUT2D eigenvalue weighted by Crippen LogP contribution is -2.71. The maximum absolute atomic E-state index is 11.5. The minimum absolute atomic E-state index is 0.699. The Labute approximate surface area is 88.7 Å². The molecule has 6 unspecified atom stereocenters. The lowest BCUT2D eigenvalue weighted by Gasteiger charge is -2.47. The Balaban J connectivity index is 2.06. The van der Waals surface area contributed by atoms with E-state index >= 15 is 0 Å². The standard InChI is InChI=1S/C6H9O9P/c7-1-2-3(8)5(9)4-6(10,12-2)15-16(11,13-4)14-5/h2-4,7-10H,1H2. The highest BCUT2D eigenvalue weighted by atomic mass is 31.2. The Morgan fingerprint density at radius 2 is 2.00 bits per heavy atom. The quantitative estimate of drug-likeness (QED) is 0.379. The molecule has 2 bridgehead atoms. The number of rotatable bonds is 1. The molecule has 10 heteroatoms. The van der Waals surface area contributed by atoms with Crippen molar-refractivity contribution in [3.63, 3.8) is 0 Å². The van der Waals surface area contributed by atoms with Gasteiger partial charge in [-0.25, -0.2) is 13.6 Å². The topological polar surface area (TPSA) is 135 Å². The lowest BCUT2D eigenvalue weighted by atomic mass is 9.94. The normalized spacial score (nSPS) is 63.9. The molecule has 0 aromatic heterocycles. The van der Waals surface area contributed by atoms with E-state index in [0.717, 1.165) is 0 Å². The first kappa shape index (κ1) is 11.0. The Bertz CT molecular complexity index is 386. The molecule has 0 aliphatic carbocycles. The van der Waals surface area contributed by atoms with Crippen molar-refractivity contribution >= 4 is 7.82 Å². The maximum atomic E-state index is 11.5. The molecule has 4 N–H and O–H groups in total. The van der Waals surface area contributed by atoms with Crippen LogP contribution < -0.4 is 0 Å². The van der Waals surface area contributed by atoms with Crippen LogP contribution in [0.1, 0.15) is 0 Å².